The van der Waals surface area contributed by atoms with E-state index in [1.807, 2.05) is 6.92 Å². The van der Waals surface area contributed by atoms with Gasteiger partial charge < -0.3 is 10.2 Å². The second-order valence-electron chi connectivity index (χ2n) is 6.85. The molecule has 0 saturated carbocycles. The van der Waals surface area contributed by atoms with Crippen molar-refractivity contribution in [3.05, 3.63) is 39.3 Å². The van der Waals surface area contributed by atoms with Crippen LogP contribution >= 0.6 is 11.3 Å². The van der Waals surface area contributed by atoms with Crippen molar-refractivity contribution in [3.63, 3.8) is 0 Å². The lowest BCUT2D eigenvalue weighted by Crippen LogP contribution is -2.33. The molecular weight excluding hydrogens is 352 g/mol. The first kappa shape index (κ1) is 18.3. The number of hydrogen-bond acceptors (Lipinski definition) is 5. The number of nitrogens with zero attached hydrogens (tertiary/aromatic N) is 2. The van der Waals surface area contributed by atoms with Gasteiger partial charge in [-0.1, -0.05) is 6.92 Å². The Labute approximate surface area is 155 Å². The molecule has 2 aromatic rings. The molecule has 7 nitrogen and oxygen atoms in total. The van der Waals surface area contributed by atoms with Crippen LogP contribution in [-0.4, -0.2) is 52.3 Å². The first-order valence-corrected chi connectivity index (χ1v) is 9.42. The number of ketones is 1. The number of hydrogen-bond donors (Lipinski definition) is 2. The zero-order valence-corrected chi connectivity index (χ0v) is 15.9. The lowest BCUT2D eigenvalue weighted by molar-refractivity contribution is 0.0778. The Hall–Kier alpha value is -2.48. The summed E-state index contributed by atoms with van der Waals surface area (Å²) < 4.78 is 0. The Morgan fingerprint density at radius 3 is 2.73 bits per heavy atom. The molecular formula is C18H22N4O3S. The molecule has 1 saturated heterocycles. The van der Waals surface area contributed by atoms with Crippen LogP contribution < -0.4 is 5.32 Å². The minimum absolute atomic E-state index is 0.0405. The third kappa shape index (κ3) is 3.85. The van der Waals surface area contributed by atoms with E-state index in [2.05, 4.69) is 22.4 Å². The van der Waals surface area contributed by atoms with Crippen LogP contribution in [0.1, 0.15) is 50.1 Å². The van der Waals surface area contributed by atoms with Gasteiger partial charge in [-0.05, 0) is 37.8 Å². The van der Waals surface area contributed by atoms with E-state index in [1.165, 1.54) is 18.3 Å². The molecule has 1 aliphatic rings. The minimum atomic E-state index is -0.186. The fourth-order valence-corrected chi connectivity index (χ4v) is 3.91. The van der Waals surface area contributed by atoms with Crippen LogP contribution in [0.4, 0.5) is 0 Å². The molecule has 2 aromatic heterocycles. The van der Waals surface area contributed by atoms with Gasteiger partial charge in [0, 0.05) is 30.7 Å². The Bertz CT molecular complexity index is 841. The van der Waals surface area contributed by atoms with Crippen molar-refractivity contribution in [2.24, 2.45) is 11.8 Å². The number of H-pyrrole nitrogens is 1. The molecule has 2 N–H and O–H groups in total. The number of aryl methyl sites for hydroxylation is 1. The largest absolute Gasteiger partial charge is 0.352 e. The van der Waals surface area contributed by atoms with Crippen molar-refractivity contribution in [3.8, 4) is 0 Å². The van der Waals surface area contributed by atoms with Crippen LogP contribution in [0.3, 0.4) is 0 Å². The molecule has 8 heteroatoms. The van der Waals surface area contributed by atoms with Crippen molar-refractivity contribution in [1.82, 2.24) is 20.4 Å². The van der Waals surface area contributed by atoms with Gasteiger partial charge in [-0.2, -0.15) is 5.10 Å². The molecule has 0 bridgehead atoms. The molecule has 0 radical (unpaired) electrons. The summed E-state index contributed by atoms with van der Waals surface area (Å²) in [5, 5.41) is 11.4. The van der Waals surface area contributed by atoms with Crippen LogP contribution in [0.15, 0.2) is 17.5 Å². The molecule has 0 aromatic carbocycles. The summed E-state index contributed by atoms with van der Waals surface area (Å²) >= 11 is 1.28. The molecule has 2 atom stereocenters. The highest BCUT2D eigenvalue weighted by Gasteiger charge is 2.33. The maximum Gasteiger partial charge on any atom is 0.274 e. The number of Topliss-reactive ketones (excluding diaryl/α,β-unsaturated/α-hetero) is 1. The number of amides is 2. The Morgan fingerprint density at radius 1 is 1.35 bits per heavy atom. The van der Waals surface area contributed by atoms with E-state index in [9.17, 15) is 14.4 Å². The van der Waals surface area contributed by atoms with Crippen LogP contribution in [0, 0.1) is 18.8 Å². The quantitative estimate of drug-likeness (QED) is 0.784. The van der Waals surface area contributed by atoms with Gasteiger partial charge in [-0.3, -0.25) is 19.5 Å². The summed E-state index contributed by atoms with van der Waals surface area (Å²) in [5.41, 5.74) is 1.78. The summed E-state index contributed by atoms with van der Waals surface area (Å²) in [6, 6.07) is 3.36. The highest BCUT2D eigenvalue weighted by atomic mass is 32.1. The topological polar surface area (TPSA) is 95.2 Å². The van der Waals surface area contributed by atoms with Crippen molar-refractivity contribution in [2.75, 3.05) is 19.6 Å². The zero-order chi connectivity index (χ0) is 18.8. The number of aromatic amines is 1. The molecule has 3 rings (SSSR count). The van der Waals surface area contributed by atoms with E-state index in [0.717, 1.165) is 5.69 Å². The van der Waals surface area contributed by atoms with E-state index in [0.29, 0.717) is 35.8 Å². The van der Waals surface area contributed by atoms with Crippen LogP contribution in [0.25, 0.3) is 0 Å². The molecule has 1 aliphatic heterocycles. The smallest absolute Gasteiger partial charge is 0.274 e. The molecule has 2 unspecified atom stereocenters. The number of aromatic nitrogens is 2. The Morgan fingerprint density at radius 2 is 2.12 bits per heavy atom. The summed E-state index contributed by atoms with van der Waals surface area (Å²) in [7, 11) is 0. The SMILES string of the molecule is CC(=O)c1cc(C(=O)NCC2CN(C(=O)c3cc(C)[nH]n3)CC2C)cs1. The van der Waals surface area contributed by atoms with Crippen molar-refractivity contribution >= 4 is 28.9 Å². The van der Waals surface area contributed by atoms with Crippen LogP contribution in [0.5, 0.6) is 0 Å². The Kier molecular flexibility index (Phi) is 5.22. The standard InChI is InChI=1S/C18H22N4O3S/c1-10-7-22(18(25)15-4-11(2)20-21-15)8-14(10)6-19-17(24)13-5-16(12(3)23)26-9-13/h4-5,9-10,14H,6-8H2,1-3H3,(H,19,24)(H,20,21). The van der Waals surface area contributed by atoms with Crippen LogP contribution in [-0.2, 0) is 0 Å². The van der Waals surface area contributed by atoms with Crippen molar-refractivity contribution in [2.45, 2.75) is 20.8 Å². The monoisotopic (exact) mass is 374 g/mol. The van der Waals surface area contributed by atoms with E-state index < -0.39 is 0 Å². The molecule has 1 fully saturated rings. The van der Waals surface area contributed by atoms with Gasteiger partial charge in [0.05, 0.1) is 10.4 Å². The number of likely N-dealkylation sites (tertiary alicyclic amines) is 1. The summed E-state index contributed by atoms with van der Waals surface area (Å²) in [5.74, 6) is 0.164. The average molecular weight is 374 g/mol. The highest BCUT2D eigenvalue weighted by molar-refractivity contribution is 7.12. The second kappa shape index (κ2) is 7.41. The molecule has 0 aliphatic carbocycles. The maximum absolute atomic E-state index is 12.5. The normalized spacial score (nSPS) is 19.6. The second-order valence-corrected chi connectivity index (χ2v) is 7.76. The number of nitrogens with one attached hydrogen (secondary N) is 2. The zero-order valence-electron chi connectivity index (χ0n) is 15.0. The lowest BCUT2D eigenvalue weighted by atomic mass is 9.98. The molecule has 2 amide bonds. The summed E-state index contributed by atoms with van der Waals surface area (Å²) in [6.45, 7) is 7.16. The average Bonchev–Trinajstić information content (AvgIpc) is 3.31. The molecule has 3 heterocycles. The minimum Gasteiger partial charge on any atom is -0.352 e. The first-order chi connectivity index (χ1) is 12.3. The fraction of sp³-hybridized carbons (Fsp3) is 0.444. The molecule has 138 valence electrons. The summed E-state index contributed by atoms with van der Waals surface area (Å²) in [6.07, 6.45) is 0. The molecule has 26 heavy (non-hydrogen) atoms. The number of thiophene rings is 1. The van der Waals surface area contributed by atoms with Crippen molar-refractivity contribution < 1.29 is 14.4 Å². The fourth-order valence-electron chi connectivity index (χ4n) is 3.12. The van der Waals surface area contributed by atoms with Gasteiger partial charge in [0.1, 0.15) is 5.69 Å². The highest BCUT2D eigenvalue weighted by Crippen LogP contribution is 2.24. The van der Waals surface area contributed by atoms with Gasteiger partial charge >= 0.3 is 0 Å². The Balaban J connectivity index is 1.56. The lowest BCUT2D eigenvalue weighted by Gasteiger charge is -2.15. The number of rotatable bonds is 5. The van der Waals surface area contributed by atoms with Crippen LogP contribution in [0.2, 0.25) is 0 Å². The van der Waals surface area contributed by atoms with Gasteiger partial charge in [-0.15, -0.1) is 11.3 Å². The predicted molar refractivity (Wildman–Crippen MR) is 98.5 cm³/mol. The van der Waals surface area contributed by atoms with E-state index in [-0.39, 0.29) is 29.4 Å². The van der Waals surface area contributed by atoms with Gasteiger partial charge in [0.2, 0.25) is 0 Å². The number of carbonyl (C=O) groups excluding carboxylic acids is 3. The van der Waals surface area contributed by atoms with E-state index in [1.54, 1.807) is 22.4 Å². The van der Waals surface area contributed by atoms with E-state index in [4.69, 9.17) is 0 Å². The van der Waals surface area contributed by atoms with Gasteiger partial charge in [0.25, 0.3) is 11.8 Å². The van der Waals surface area contributed by atoms with Gasteiger partial charge in [0.15, 0.2) is 5.78 Å². The van der Waals surface area contributed by atoms with Gasteiger partial charge in [-0.25, -0.2) is 0 Å². The first-order valence-electron chi connectivity index (χ1n) is 8.54. The molecule has 0 spiro atoms. The maximum atomic E-state index is 12.5. The third-order valence-corrected chi connectivity index (χ3v) is 5.74. The summed E-state index contributed by atoms with van der Waals surface area (Å²) in [4.78, 5) is 38.5. The third-order valence-electron chi connectivity index (χ3n) is 4.71. The van der Waals surface area contributed by atoms with E-state index >= 15 is 0 Å². The predicted octanol–water partition coefficient (Wildman–Crippen LogP) is 2.12. The van der Waals surface area contributed by atoms with Crippen molar-refractivity contribution in [1.29, 1.82) is 0 Å². The number of carbonyl (C=O) groups is 3.